The maximum absolute atomic E-state index is 13.2. The maximum atomic E-state index is 13.2. The van der Waals surface area contributed by atoms with Crippen LogP contribution < -0.4 is 0 Å². The van der Waals surface area contributed by atoms with Crippen molar-refractivity contribution in [3.8, 4) is 0 Å². The van der Waals surface area contributed by atoms with Gasteiger partial charge in [-0.2, -0.15) is 0 Å². The summed E-state index contributed by atoms with van der Waals surface area (Å²) in [7, 11) is 0. The third-order valence-corrected chi connectivity index (χ3v) is 3.95. The van der Waals surface area contributed by atoms with E-state index in [0.717, 1.165) is 31.4 Å². The number of benzene rings is 1. The van der Waals surface area contributed by atoms with E-state index in [1.54, 1.807) is 12.1 Å². The summed E-state index contributed by atoms with van der Waals surface area (Å²) in [5.41, 5.74) is 2.40. The number of rotatable bonds is 1. The van der Waals surface area contributed by atoms with Gasteiger partial charge in [0.2, 0.25) is 0 Å². The van der Waals surface area contributed by atoms with E-state index in [9.17, 15) is 4.39 Å². The molecule has 1 spiro atoms. The minimum Gasteiger partial charge on any atom is -0.375 e. The lowest BCUT2D eigenvalue weighted by Gasteiger charge is -2.31. The smallest absolute Gasteiger partial charge is 0.123 e. The Bertz CT molecular complexity index is 444. The number of hydrogen-bond donors (Lipinski definition) is 0. The highest BCUT2D eigenvalue weighted by Gasteiger charge is 2.36. The Morgan fingerprint density at radius 2 is 2.18 bits per heavy atom. The van der Waals surface area contributed by atoms with Crippen LogP contribution in [0.2, 0.25) is 0 Å². The summed E-state index contributed by atoms with van der Waals surface area (Å²) in [5, 5.41) is 0. The molecule has 0 bridgehead atoms. The lowest BCUT2D eigenvalue weighted by Crippen LogP contribution is -2.29. The van der Waals surface area contributed by atoms with Crippen molar-refractivity contribution >= 4 is 5.57 Å². The highest BCUT2D eigenvalue weighted by atomic mass is 19.1. The van der Waals surface area contributed by atoms with Crippen LogP contribution in [0.25, 0.3) is 5.57 Å². The molecule has 0 N–H and O–H groups in total. The quantitative estimate of drug-likeness (QED) is 0.712. The standard InChI is InChI=1S/C15H17FO/c16-14-4-1-3-13(11-14)12-5-8-15(9-6-12)7-2-10-17-15/h1,3-5,11H,2,6-10H2. The lowest BCUT2D eigenvalue weighted by molar-refractivity contribution is -0.00158. The lowest BCUT2D eigenvalue weighted by atomic mass is 9.81. The van der Waals surface area contributed by atoms with Crippen LogP contribution in [0.15, 0.2) is 30.3 Å². The molecule has 17 heavy (non-hydrogen) atoms. The number of allylic oxidation sites excluding steroid dienone is 1. The first-order valence-electron chi connectivity index (χ1n) is 6.36. The monoisotopic (exact) mass is 232 g/mol. The fraction of sp³-hybridized carbons (Fsp3) is 0.467. The summed E-state index contributed by atoms with van der Waals surface area (Å²) < 4.78 is 19.0. The van der Waals surface area contributed by atoms with E-state index in [0.29, 0.717) is 0 Å². The van der Waals surface area contributed by atoms with Gasteiger partial charge < -0.3 is 4.74 Å². The van der Waals surface area contributed by atoms with Gasteiger partial charge in [0.1, 0.15) is 5.82 Å². The second-order valence-corrected chi connectivity index (χ2v) is 5.08. The molecule has 0 amide bonds. The fourth-order valence-corrected chi connectivity index (χ4v) is 2.94. The van der Waals surface area contributed by atoms with Crippen molar-refractivity contribution in [3.05, 3.63) is 41.7 Å². The fourth-order valence-electron chi connectivity index (χ4n) is 2.94. The Morgan fingerprint density at radius 1 is 1.24 bits per heavy atom. The van der Waals surface area contributed by atoms with Gasteiger partial charge in [0.15, 0.2) is 0 Å². The summed E-state index contributed by atoms with van der Waals surface area (Å²) in [4.78, 5) is 0. The first-order chi connectivity index (χ1) is 8.27. The first kappa shape index (κ1) is 11.0. The van der Waals surface area contributed by atoms with E-state index in [1.807, 2.05) is 6.07 Å². The van der Waals surface area contributed by atoms with Crippen LogP contribution in [-0.2, 0) is 4.74 Å². The van der Waals surface area contributed by atoms with Gasteiger partial charge in [-0.3, -0.25) is 0 Å². The van der Waals surface area contributed by atoms with Crippen LogP contribution in [0.4, 0.5) is 4.39 Å². The summed E-state index contributed by atoms with van der Waals surface area (Å²) in [5.74, 6) is -0.152. The van der Waals surface area contributed by atoms with Gasteiger partial charge in [0, 0.05) is 6.61 Å². The molecule has 90 valence electrons. The Balaban J connectivity index is 1.80. The average molecular weight is 232 g/mol. The van der Waals surface area contributed by atoms with Crippen molar-refractivity contribution in [1.29, 1.82) is 0 Å². The zero-order valence-electron chi connectivity index (χ0n) is 9.92. The van der Waals surface area contributed by atoms with Crippen LogP contribution >= 0.6 is 0 Å². The Morgan fingerprint density at radius 3 is 2.82 bits per heavy atom. The average Bonchev–Trinajstić information content (AvgIpc) is 2.79. The highest BCUT2D eigenvalue weighted by Crippen LogP contribution is 2.41. The molecule has 0 aromatic heterocycles. The molecule has 0 radical (unpaired) electrons. The topological polar surface area (TPSA) is 9.23 Å². The van der Waals surface area contributed by atoms with Gasteiger partial charge in [0.25, 0.3) is 0 Å². The summed E-state index contributed by atoms with van der Waals surface area (Å²) >= 11 is 0. The van der Waals surface area contributed by atoms with Gasteiger partial charge in [-0.05, 0) is 55.4 Å². The predicted molar refractivity (Wildman–Crippen MR) is 66.1 cm³/mol. The minimum atomic E-state index is -0.152. The Kier molecular flexibility index (Phi) is 2.75. The van der Waals surface area contributed by atoms with Crippen LogP contribution in [0.3, 0.4) is 0 Å². The molecule has 1 saturated heterocycles. The molecule has 1 aromatic rings. The van der Waals surface area contributed by atoms with Gasteiger partial charge in [-0.15, -0.1) is 0 Å². The normalized spacial score (nSPS) is 28.4. The zero-order valence-corrected chi connectivity index (χ0v) is 9.92. The molecule has 0 saturated carbocycles. The molecule has 1 heterocycles. The molecule has 1 nitrogen and oxygen atoms in total. The summed E-state index contributed by atoms with van der Waals surface area (Å²) in [6, 6.07) is 6.89. The molecule has 3 rings (SSSR count). The van der Waals surface area contributed by atoms with E-state index in [4.69, 9.17) is 4.74 Å². The molecular weight excluding hydrogens is 215 g/mol. The molecule has 1 aromatic carbocycles. The molecule has 2 heteroatoms. The number of ether oxygens (including phenoxy) is 1. The largest absolute Gasteiger partial charge is 0.375 e. The Labute approximate surface area is 101 Å². The van der Waals surface area contributed by atoms with E-state index >= 15 is 0 Å². The SMILES string of the molecule is Fc1cccc(C2=CCC3(CCCO3)CC2)c1. The first-order valence-corrected chi connectivity index (χ1v) is 6.36. The van der Waals surface area contributed by atoms with E-state index < -0.39 is 0 Å². The second-order valence-electron chi connectivity index (χ2n) is 5.08. The second kappa shape index (κ2) is 4.26. The molecular formula is C15H17FO. The van der Waals surface area contributed by atoms with Crippen LogP contribution in [-0.4, -0.2) is 12.2 Å². The molecule has 1 unspecified atom stereocenters. The minimum absolute atomic E-state index is 0.108. The van der Waals surface area contributed by atoms with Crippen LogP contribution in [0.1, 0.15) is 37.7 Å². The van der Waals surface area contributed by atoms with Crippen molar-refractivity contribution < 1.29 is 9.13 Å². The van der Waals surface area contributed by atoms with Crippen molar-refractivity contribution in [2.24, 2.45) is 0 Å². The molecule has 1 fully saturated rings. The van der Waals surface area contributed by atoms with Crippen molar-refractivity contribution in [2.45, 2.75) is 37.7 Å². The summed E-state index contributed by atoms with van der Waals surface area (Å²) in [6.07, 6.45) is 7.67. The third-order valence-electron chi connectivity index (χ3n) is 3.95. The zero-order chi connectivity index (χ0) is 11.7. The van der Waals surface area contributed by atoms with Crippen LogP contribution in [0, 0.1) is 5.82 Å². The van der Waals surface area contributed by atoms with Crippen LogP contribution in [0.5, 0.6) is 0 Å². The van der Waals surface area contributed by atoms with Gasteiger partial charge in [-0.1, -0.05) is 18.2 Å². The van der Waals surface area contributed by atoms with Crippen molar-refractivity contribution in [3.63, 3.8) is 0 Å². The van der Waals surface area contributed by atoms with E-state index in [2.05, 4.69) is 6.08 Å². The van der Waals surface area contributed by atoms with Crippen molar-refractivity contribution in [2.75, 3.05) is 6.61 Å². The number of halogens is 1. The van der Waals surface area contributed by atoms with Gasteiger partial charge in [-0.25, -0.2) is 4.39 Å². The molecule has 2 aliphatic rings. The highest BCUT2D eigenvalue weighted by molar-refractivity contribution is 5.66. The van der Waals surface area contributed by atoms with Crippen molar-refractivity contribution in [1.82, 2.24) is 0 Å². The Hall–Kier alpha value is -1.15. The van der Waals surface area contributed by atoms with Gasteiger partial charge >= 0.3 is 0 Å². The van der Waals surface area contributed by atoms with Gasteiger partial charge in [0.05, 0.1) is 5.60 Å². The summed E-state index contributed by atoms with van der Waals surface area (Å²) in [6.45, 7) is 0.906. The number of hydrogen-bond acceptors (Lipinski definition) is 1. The van der Waals surface area contributed by atoms with E-state index in [-0.39, 0.29) is 11.4 Å². The molecule has 1 aliphatic heterocycles. The predicted octanol–water partition coefficient (Wildman–Crippen LogP) is 3.94. The molecule has 1 aliphatic carbocycles. The maximum Gasteiger partial charge on any atom is 0.123 e. The molecule has 1 atom stereocenters. The third kappa shape index (κ3) is 2.14. The van der Waals surface area contributed by atoms with E-state index in [1.165, 1.54) is 24.5 Å².